The first kappa shape index (κ1) is 14.2. The topological polar surface area (TPSA) is 35.2 Å². The second kappa shape index (κ2) is 6.79. The Bertz CT molecular complexity index is 621. The Morgan fingerprint density at radius 1 is 1.05 bits per heavy atom. The third kappa shape index (κ3) is 3.63. The lowest BCUT2D eigenvalue weighted by atomic mass is 10.0. The molecule has 20 heavy (non-hydrogen) atoms. The van der Waals surface area contributed by atoms with Crippen molar-refractivity contribution in [1.29, 1.82) is 0 Å². The van der Waals surface area contributed by atoms with Crippen LogP contribution in [0.1, 0.15) is 23.6 Å². The van der Waals surface area contributed by atoms with Gasteiger partial charge in [-0.2, -0.15) is 0 Å². The minimum absolute atomic E-state index is 0.0966. The van der Waals surface area contributed by atoms with E-state index in [0.717, 1.165) is 28.9 Å². The van der Waals surface area contributed by atoms with Crippen molar-refractivity contribution in [3.63, 3.8) is 0 Å². The summed E-state index contributed by atoms with van der Waals surface area (Å²) in [4.78, 5) is 0. The third-order valence-corrected chi connectivity index (χ3v) is 2.98. The minimum atomic E-state index is 0.0966. The highest BCUT2D eigenvalue weighted by atomic mass is 16.5. The Morgan fingerprint density at radius 2 is 1.80 bits per heavy atom. The van der Waals surface area contributed by atoms with Crippen LogP contribution in [0.25, 0.3) is 0 Å². The van der Waals surface area contributed by atoms with E-state index in [1.807, 2.05) is 49.4 Å². The molecule has 0 saturated carbocycles. The van der Waals surface area contributed by atoms with Gasteiger partial charge in [0.05, 0.1) is 12.7 Å². The van der Waals surface area contributed by atoms with Crippen molar-refractivity contribution in [3.05, 3.63) is 65.2 Å². The molecule has 2 aromatic rings. The molecule has 0 aliphatic heterocycles. The first-order valence-electron chi connectivity index (χ1n) is 6.69. The van der Waals surface area contributed by atoms with Crippen LogP contribution < -0.4 is 10.5 Å². The summed E-state index contributed by atoms with van der Waals surface area (Å²) in [6.45, 7) is 1.99. The highest BCUT2D eigenvalue weighted by Gasteiger charge is 2.08. The van der Waals surface area contributed by atoms with Gasteiger partial charge in [-0.25, -0.2) is 0 Å². The molecule has 1 unspecified atom stereocenters. The molecule has 0 bridgehead atoms. The first-order chi connectivity index (χ1) is 9.70. The zero-order valence-electron chi connectivity index (χ0n) is 11.9. The van der Waals surface area contributed by atoms with Gasteiger partial charge in [0.2, 0.25) is 0 Å². The van der Waals surface area contributed by atoms with Crippen LogP contribution in [0, 0.1) is 11.8 Å². The van der Waals surface area contributed by atoms with Crippen molar-refractivity contribution in [2.45, 2.75) is 19.4 Å². The fourth-order valence-corrected chi connectivity index (χ4v) is 2.06. The lowest BCUT2D eigenvalue weighted by Crippen LogP contribution is -2.18. The van der Waals surface area contributed by atoms with Crippen LogP contribution >= 0.6 is 0 Å². The maximum Gasteiger partial charge on any atom is 0.134 e. The standard InChI is InChI=1S/C18H19NO/c1-14(19)13-16-9-6-10-18(20-2)17(16)12-11-15-7-4-3-5-8-15/h3-10,14H,13,19H2,1-2H3. The summed E-state index contributed by atoms with van der Waals surface area (Å²) < 4.78 is 5.41. The number of ether oxygens (including phenoxy) is 1. The Balaban J connectivity index is 2.41. The summed E-state index contributed by atoms with van der Waals surface area (Å²) >= 11 is 0. The van der Waals surface area contributed by atoms with E-state index in [-0.39, 0.29) is 6.04 Å². The lowest BCUT2D eigenvalue weighted by Gasteiger charge is -2.11. The summed E-state index contributed by atoms with van der Waals surface area (Å²) in [5.41, 5.74) is 8.95. The van der Waals surface area contributed by atoms with Gasteiger partial charge in [-0.3, -0.25) is 0 Å². The van der Waals surface area contributed by atoms with E-state index in [9.17, 15) is 0 Å². The minimum Gasteiger partial charge on any atom is -0.495 e. The van der Waals surface area contributed by atoms with Gasteiger partial charge < -0.3 is 10.5 Å². The second-order valence-electron chi connectivity index (χ2n) is 4.79. The van der Waals surface area contributed by atoms with E-state index < -0.39 is 0 Å². The smallest absolute Gasteiger partial charge is 0.134 e. The number of methoxy groups -OCH3 is 1. The van der Waals surface area contributed by atoms with Gasteiger partial charge in [0, 0.05) is 11.6 Å². The van der Waals surface area contributed by atoms with Gasteiger partial charge in [-0.1, -0.05) is 42.2 Å². The average Bonchev–Trinajstić information content (AvgIpc) is 2.46. The van der Waals surface area contributed by atoms with Crippen LogP contribution in [-0.4, -0.2) is 13.2 Å². The Hall–Kier alpha value is -2.24. The van der Waals surface area contributed by atoms with Gasteiger partial charge in [0.25, 0.3) is 0 Å². The number of benzene rings is 2. The molecule has 0 aliphatic carbocycles. The SMILES string of the molecule is COc1cccc(CC(C)N)c1C#Cc1ccccc1. The maximum absolute atomic E-state index is 5.90. The van der Waals surface area contributed by atoms with Crippen molar-refractivity contribution in [3.8, 4) is 17.6 Å². The summed E-state index contributed by atoms with van der Waals surface area (Å²) in [5.74, 6) is 7.20. The second-order valence-corrected chi connectivity index (χ2v) is 4.79. The molecule has 0 heterocycles. The molecule has 1 atom stereocenters. The molecule has 0 spiro atoms. The number of rotatable bonds is 3. The fraction of sp³-hybridized carbons (Fsp3) is 0.222. The van der Waals surface area contributed by atoms with Crippen LogP contribution in [0.4, 0.5) is 0 Å². The Labute approximate surface area is 120 Å². The molecule has 2 heteroatoms. The Morgan fingerprint density at radius 3 is 2.45 bits per heavy atom. The van der Waals surface area contributed by atoms with E-state index in [4.69, 9.17) is 10.5 Å². The number of nitrogens with two attached hydrogens (primary N) is 1. The van der Waals surface area contributed by atoms with Gasteiger partial charge in [-0.15, -0.1) is 0 Å². The molecule has 0 amide bonds. The monoisotopic (exact) mass is 265 g/mol. The molecule has 0 aromatic heterocycles. The van der Waals surface area contributed by atoms with E-state index in [1.54, 1.807) is 7.11 Å². The molecule has 102 valence electrons. The zero-order valence-corrected chi connectivity index (χ0v) is 11.9. The molecule has 2 nitrogen and oxygen atoms in total. The van der Waals surface area contributed by atoms with Crippen LogP contribution in [-0.2, 0) is 6.42 Å². The van der Waals surface area contributed by atoms with Crippen LogP contribution in [0.3, 0.4) is 0 Å². The highest BCUT2D eigenvalue weighted by molar-refractivity contribution is 5.54. The lowest BCUT2D eigenvalue weighted by molar-refractivity contribution is 0.413. The molecule has 0 radical (unpaired) electrons. The van der Waals surface area contributed by atoms with Gasteiger partial charge in [0.15, 0.2) is 0 Å². The predicted octanol–water partition coefficient (Wildman–Crippen LogP) is 2.98. The summed E-state index contributed by atoms with van der Waals surface area (Å²) in [5, 5.41) is 0. The van der Waals surface area contributed by atoms with Gasteiger partial charge >= 0.3 is 0 Å². The number of hydrogen-bond donors (Lipinski definition) is 1. The van der Waals surface area contributed by atoms with Crippen molar-refractivity contribution in [1.82, 2.24) is 0 Å². The van der Waals surface area contributed by atoms with Crippen molar-refractivity contribution in [2.24, 2.45) is 5.73 Å². The first-order valence-corrected chi connectivity index (χ1v) is 6.69. The van der Waals surface area contributed by atoms with Crippen molar-refractivity contribution < 1.29 is 4.74 Å². The quantitative estimate of drug-likeness (QED) is 0.866. The maximum atomic E-state index is 5.90. The molecule has 2 aromatic carbocycles. The van der Waals surface area contributed by atoms with Crippen molar-refractivity contribution in [2.75, 3.05) is 7.11 Å². The molecule has 2 N–H and O–H groups in total. The van der Waals surface area contributed by atoms with Crippen molar-refractivity contribution >= 4 is 0 Å². The van der Waals surface area contributed by atoms with E-state index in [1.165, 1.54) is 0 Å². The van der Waals surface area contributed by atoms with E-state index in [0.29, 0.717) is 0 Å². The summed E-state index contributed by atoms with van der Waals surface area (Å²) in [6.07, 6.45) is 0.788. The molecule has 0 saturated heterocycles. The van der Waals surface area contributed by atoms with Crippen LogP contribution in [0.2, 0.25) is 0 Å². The molecular formula is C18H19NO. The molecule has 0 fully saturated rings. The van der Waals surface area contributed by atoms with Crippen LogP contribution in [0.5, 0.6) is 5.75 Å². The number of hydrogen-bond acceptors (Lipinski definition) is 2. The summed E-state index contributed by atoms with van der Waals surface area (Å²) in [6, 6.07) is 16.0. The van der Waals surface area contributed by atoms with Gasteiger partial charge in [0.1, 0.15) is 5.75 Å². The van der Waals surface area contributed by atoms with E-state index >= 15 is 0 Å². The highest BCUT2D eigenvalue weighted by Crippen LogP contribution is 2.22. The normalized spacial score (nSPS) is 11.3. The molecule has 0 aliphatic rings. The van der Waals surface area contributed by atoms with Gasteiger partial charge in [-0.05, 0) is 37.1 Å². The average molecular weight is 265 g/mol. The summed E-state index contributed by atoms with van der Waals surface area (Å²) in [7, 11) is 1.67. The van der Waals surface area contributed by atoms with Crippen LogP contribution in [0.15, 0.2) is 48.5 Å². The molecular weight excluding hydrogens is 246 g/mol. The largest absolute Gasteiger partial charge is 0.495 e. The third-order valence-electron chi connectivity index (χ3n) is 2.98. The fourth-order valence-electron chi connectivity index (χ4n) is 2.06. The molecule has 2 rings (SSSR count). The van der Waals surface area contributed by atoms with E-state index in [2.05, 4.69) is 17.9 Å². The zero-order chi connectivity index (χ0) is 14.4. The predicted molar refractivity (Wildman–Crippen MR) is 82.8 cm³/mol. The Kier molecular flexibility index (Phi) is 4.81.